The van der Waals surface area contributed by atoms with Gasteiger partial charge in [0, 0.05) is 0 Å². The molecule has 50 valence electrons. The molecule has 4 atom stereocenters. The molecule has 0 aliphatic heterocycles. The summed E-state index contributed by atoms with van der Waals surface area (Å²) in [5.74, 6) is 2.24. The Morgan fingerprint density at radius 2 is 2.22 bits per heavy atom. The van der Waals surface area contributed by atoms with E-state index in [1.165, 1.54) is 5.92 Å². The summed E-state index contributed by atoms with van der Waals surface area (Å²) < 4.78 is 0. The molecule has 3 aliphatic rings. The van der Waals surface area contributed by atoms with E-state index >= 15 is 0 Å². The van der Waals surface area contributed by atoms with Gasteiger partial charge in [-0.15, -0.1) is 0 Å². The number of hydrogen-bond acceptors (Lipinski definition) is 0. The van der Waals surface area contributed by atoms with Crippen molar-refractivity contribution in [1.29, 1.82) is 0 Å². The predicted molar refractivity (Wildman–Crippen MR) is 37.0 cm³/mol. The summed E-state index contributed by atoms with van der Waals surface area (Å²) in [6.07, 6.45) is 4.70. The molecule has 0 aromatic heterocycles. The molecule has 0 aromatic rings. The predicted octanol–water partition coefficient (Wildman–Crippen LogP) is 2.44. The Bertz CT molecular complexity index is 176. The molecule has 3 rings (SSSR count). The van der Waals surface area contributed by atoms with Gasteiger partial charge in [0.25, 0.3) is 0 Å². The molecule has 3 saturated carbocycles. The molecule has 1 spiro atoms. The van der Waals surface area contributed by atoms with Gasteiger partial charge in [0.15, 0.2) is 0 Å². The molecule has 0 heterocycles. The first kappa shape index (κ1) is 4.76. The summed E-state index contributed by atoms with van der Waals surface area (Å²) in [6, 6.07) is 0. The first-order valence-corrected chi connectivity index (χ1v) is 4.21. The van der Waals surface area contributed by atoms with Gasteiger partial charge in [0.1, 0.15) is 0 Å². The quantitative estimate of drug-likeness (QED) is 0.463. The molecule has 0 N–H and O–H groups in total. The first-order valence-electron chi connectivity index (χ1n) is 4.21. The van der Waals surface area contributed by atoms with Crippen molar-refractivity contribution in [3.63, 3.8) is 0 Å². The van der Waals surface area contributed by atoms with E-state index in [1.807, 2.05) is 0 Å². The fraction of sp³-hybridized carbons (Fsp3) is 1.00. The van der Waals surface area contributed by atoms with Gasteiger partial charge in [-0.05, 0) is 41.9 Å². The molecule has 0 amide bonds. The Hall–Kier alpha value is 0. The number of hydrogen-bond donors (Lipinski definition) is 0. The Labute approximate surface area is 56.6 Å². The van der Waals surface area contributed by atoms with Crippen LogP contribution in [0.3, 0.4) is 0 Å². The summed E-state index contributed by atoms with van der Waals surface area (Å²) in [5, 5.41) is 0. The molecule has 0 aromatic carbocycles. The molecule has 3 aliphatic carbocycles. The van der Waals surface area contributed by atoms with Crippen LogP contribution in [0.4, 0.5) is 0 Å². The molecule has 0 bridgehead atoms. The van der Waals surface area contributed by atoms with Crippen molar-refractivity contribution in [3.05, 3.63) is 0 Å². The fourth-order valence-electron chi connectivity index (χ4n) is 3.89. The highest BCUT2D eigenvalue weighted by atomic mass is 14.9. The van der Waals surface area contributed by atoms with Crippen LogP contribution in [0.2, 0.25) is 0 Å². The zero-order chi connectivity index (χ0) is 6.28. The van der Waals surface area contributed by atoms with E-state index in [-0.39, 0.29) is 0 Å². The van der Waals surface area contributed by atoms with Gasteiger partial charge in [-0.1, -0.05) is 13.8 Å². The van der Waals surface area contributed by atoms with Gasteiger partial charge in [0.05, 0.1) is 0 Å². The molecule has 0 nitrogen and oxygen atoms in total. The smallest absolute Gasteiger partial charge is 0.0204 e. The van der Waals surface area contributed by atoms with Crippen LogP contribution in [0.5, 0.6) is 0 Å². The lowest BCUT2D eigenvalue weighted by Crippen LogP contribution is -2.50. The Kier molecular flexibility index (Phi) is 0.470. The summed E-state index contributed by atoms with van der Waals surface area (Å²) in [4.78, 5) is 0. The molecule has 4 unspecified atom stereocenters. The van der Waals surface area contributed by atoms with Crippen LogP contribution in [-0.2, 0) is 0 Å². The average molecular weight is 122 g/mol. The van der Waals surface area contributed by atoms with Crippen LogP contribution in [0.25, 0.3) is 0 Å². The van der Waals surface area contributed by atoms with E-state index in [4.69, 9.17) is 0 Å². The molecule has 0 saturated heterocycles. The maximum absolute atomic E-state index is 2.49. The van der Waals surface area contributed by atoms with Gasteiger partial charge in [-0.25, -0.2) is 0 Å². The van der Waals surface area contributed by atoms with Crippen molar-refractivity contribution in [1.82, 2.24) is 0 Å². The lowest BCUT2D eigenvalue weighted by molar-refractivity contribution is -0.0830. The van der Waals surface area contributed by atoms with Crippen molar-refractivity contribution in [2.45, 2.75) is 33.1 Å². The Balaban J connectivity index is 2.03. The van der Waals surface area contributed by atoms with E-state index in [9.17, 15) is 0 Å². The highest BCUT2D eigenvalue weighted by Crippen LogP contribution is 2.90. The largest absolute Gasteiger partial charge is 0.0617 e. The van der Waals surface area contributed by atoms with Crippen molar-refractivity contribution in [2.75, 3.05) is 0 Å². The van der Waals surface area contributed by atoms with Crippen LogP contribution in [0.15, 0.2) is 0 Å². The summed E-state index contributed by atoms with van der Waals surface area (Å²) >= 11 is 0. The van der Waals surface area contributed by atoms with E-state index in [1.54, 1.807) is 19.3 Å². The molecular weight excluding hydrogens is 108 g/mol. The lowest BCUT2D eigenvalue weighted by atomic mass is 9.48. The topological polar surface area (TPSA) is 0 Å². The standard InChI is InChI=1S/C9H14/c1-6-7-3-4-9(7)5-8(6,9)2/h6-7H,3-5H2,1-2H3. The number of rotatable bonds is 0. The highest BCUT2D eigenvalue weighted by molar-refractivity contribution is 5.31. The fourth-order valence-corrected chi connectivity index (χ4v) is 3.89. The molecular formula is C9H14. The molecule has 0 radical (unpaired) electrons. The zero-order valence-electron chi connectivity index (χ0n) is 6.28. The molecule has 0 heteroatoms. The van der Waals surface area contributed by atoms with E-state index in [0.717, 1.165) is 16.7 Å². The second kappa shape index (κ2) is 0.889. The lowest BCUT2D eigenvalue weighted by Gasteiger charge is -2.57. The van der Waals surface area contributed by atoms with Crippen molar-refractivity contribution >= 4 is 0 Å². The van der Waals surface area contributed by atoms with Gasteiger partial charge >= 0.3 is 0 Å². The third kappa shape index (κ3) is 0.235. The van der Waals surface area contributed by atoms with Crippen LogP contribution < -0.4 is 0 Å². The second-order valence-electron chi connectivity index (χ2n) is 4.68. The second-order valence-corrected chi connectivity index (χ2v) is 4.68. The van der Waals surface area contributed by atoms with Crippen molar-refractivity contribution in [3.8, 4) is 0 Å². The minimum absolute atomic E-state index is 0.843. The highest BCUT2D eigenvalue weighted by Gasteiger charge is 2.83. The maximum Gasteiger partial charge on any atom is -0.0204 e. The average Bonchev–Trinajstić information content (AvgIpc) is 2.36. The van der Waals surface area contributed by atoms with Crippen molar-refractivity contribution in [2.24, 2.45) is 22.7 Å². The van der Waals surface area contributed by atoms with Crippen LogP contribution in [-0.4, -0.2) is 0 Å². The van der Waals surface area contributed by atoms with Crippen LogP contribution >= 0.6 is 0 Å². The SMILES string of the molecule is CC1C2CCC23CC13C. The minimum Gasteiger partial charge on any atom is -0.0617 e. The Morgan fingerprint density at radius 1 is 1.44 bits per heavy atom. The van der Waals surface area contributed by atoms with E-state index in [2.05, 4.69) is 13.8 Å². The van der Waals surface area contributed by atoms with Gasteiger partial charge < -0.3 is 0 Å². The van der Waals surface area contributed by atoms with Crippen molar-refractivity contribution < 1.29 is 0 Å². The van der Waals surface area contributed by atoms with E-state index in [0.29, 0.717) is 0 Å². The molecule has 9 heavy (non-hydrogen) atoms. The third-order valence-corrected chi connectivity index (χ3v) is 4.91. The normalized spacial score (nSPS) is 75.3. The maximum atomic E-state index is 2.49. The summed E-state index contributed by atoms with van der Waals surface area (Å²) in [6.45, 7) is 4.95. The van der Waals surface area contributed by atoms with E-state index < -0.39 is 0 Å². The molecule has 3 fully saturated rings. The Morgan fingerprint density at radius 3 is 2.33 bits per heavy atom. The summed E-state index contributed by atoms with van der Waals surface area (Å²) in [5.41, 5.74) is 1.78. The van der Waals surface area contributed by atoms with Gasteiger partial charge in [-0.2, -0.15) is 0 Å². The van der Waals surface area contributed by atoms with Crippen LogP contribution in [0.1, 0.15) is 33.1 Å². The van der Waals surface area contributed by atoms with Gasteiger partial charge in [0.2, 0.25) is 0 Å². The first-order chi connectivity index (χ1) is 4.21. The minimum atomic E-state index is 0.843. The monoisotopic (exact) mass is 122 g/mol. The van der Waals surface area contributed by atoms with Gasteiger partial charge in [-0.3, -0.25) is 0 Å². The zero-order valence-corrected chi connectivity index (χ0v) is 6.28. The summed E-state index contributed by atoms with van der Waals surface area (Å²) in [7, 11) is 0. The third-order valence-electron chi connectivity index (χ3n) is 4.91. The van der Waals surface area contributed by atoms with Crippen LogP contribution in [0, 0.1) is 22.7 Å².